The Morgan fingerprint density at radius 1 is 1.09 bits per heavy atom. The molecule has 7 heteroatoms. The van der Waals surface area contributed by atoms with Crippen LogP contribution in [-0.4, -0.2) is 23.1 Å². The smallest absolute Gasteiger partial charge is 0.338 e. The third kappa shape index (κ3) is 4.86. The molecule has 0 aromatic heterocycles. The summed E-state index contributed by atoms with van der Waals surface area (Å²) in [4.78, 5) is 24.0. The van der Waals surface area contributed by atoms with E-state index in [4.69, 9.17) is 14.2 Å². The van der Waals surface area contributed by atoms with Gasteiger partial charge < -0.3 is 14.2 Å². The minimum absolute atomic E-state index is 0.128. The van der Waals surface area contributed by atoms with Crippen molar-refractivity contribution in [3.63, 3.8) is 0 Å². The van der Waals surface area contributed by atoms with E-state index >= 15 is 0 Å². The third-order valence-corrected chi connectivity index (χ3v) is 6.97. The van der Waals surface area contributed by atoms with Crippen LogP contribution >= 0.6 is 0 Å². The van der Waals surface area contributed by atoms with Gasteiger partial charge >= 0.3 is 11.7 Å². The molecule has 1 aliphatic heterocycles. The molecule has 3 aliphatic rings. The Morgan fingerprint density at radius 3 is 2.40 bits per heavy atom. The molecule has 1 unspecified atom stereocenters. The van der Waals surface area contributed by atoms with Gasteiger partial charge in [-0.15, -0.1) is 0 Å². The van der Waals surface area contributed by atoms with Crippen molar-refractivity contribution in [3.05, 3.63) is 56.6 Å². The van der Waals surface area contributed by atoms with Crippen LogP contribution in [0.15, 0.2) is 24.3 Å². The van der Waals surface area contributed by atoms with Crippen LogP contribution in [0.5, 0.6) is 17.2 Å². The van der Waals surface area contributed by atoms with Crippen molar-refractivity contribution in [2.75, 3.05) is 6.61 Å². The van der Waals surface area contributed by atoms with Crippen LogP contribution < -0.4 is 9.47 Å². The molecule has 35 heavy (non-hydrogen) atoms. The largest absolute Gasteiger partial charge is 0.493 e. The number of fused-ring (bicyclic) bond motifs is 1. The molecular weight excluding hydrogens is 446 g/mol. The van der Waals surface area contributed by atoms with Gasteiger partial charge in [0, 0.05) is 11.6 Å². The molecule has 0 amide bonds. The van der Waals surface area contributed by atoms with Gasteiger partial charge in [0.05, 0.1) is 17.1 Å². The summed E-state index contributed by atoms with van der Waals surface area (Å²) in [6.45, 7) is 8.18. The lowest BCUT2D eigenvalue weighted by atomic mass is 9.85. The summed E-state index contributed by atoms with van der Waals surface area (Å²) in [7, 11) is 0. The zero-order chi connectivity index (χ0) is 24.9. The minimum Gasteiger partial charge on any atom is -0.493 e. The topological polar surface area (TPSA) is 87.9 Å². The SMILES string of the molecule is CCC1CCOc2c1cc(C1CC1)c(Oc1ccc(C(=O)OC(C)(C)C)cc1[N+](=O)[O-])c2C1CC1. The zero-order valence-electron chi connectivity index (χ0n) is 20.9. The van der Waals surface area contributed by atoms with Crippen LogP contribution in [0.2, 0.25) is 0 Å². The molecule has 2 aromatic carbocycles. The van der Waals surface area contributed by atoms with E-state index in [0.717, 1.165) is 61.2 Å². The average Bonchev–Trinajstić information content (AvgIpc) is 3.70. The summed E-state index contributed by atoms with van der Waals surface area (Å²) in [5.41, 5.74) is 2.67. The first kappa shape index (κ1) is 23.6. The Labute approximate surface area is 205 Å². The fraction of sp³-hybridized carbons (Fsp3) is 0.536. The number of benzene rings is 2. The summed E-state index contributed by atoms with van der Waals surface area (Å²) < 4.78 is 18.1. The summed E-state index contributed by atoms with van der Waals surface area (Å²) in [5.74, 6) is 2.41. The maximum Gasteiger partial charge on any atom is 0.338 e. The molecular formula is C28H33NO6. The summed E-state index contributed by atoms with van der Waals surface area (Å²) in [6, 6.07) is 6.54. The number of carbonyl (C=O) groups excluding carboxylic acids is 1. The van der Waals surface area contributed by atoms with Crippen molar-refractivity contribution in [1.82, 2.24) is 0 Å². The van der Waals surface area contributed by atoms with Crippen LogP contribution in [0.1, 0.15) is 111 Å². The molecule has 1 atom stereocenters. The second-order valence-electron chi connectivity index (χ2n) is 11.0. The number of nitro benzene ring substituents is 1. The van der Waals surface area contributed by atoms with Crippen LogP contribution in [0, 0.1) is 10.1 Å². The standard InChI is InChI=1S/C28H33NO6/c1-5-16-12-13-33-25-20(16)15-21(17-6-7-17)26(24(25)18-8-9-18)34-23-11-10-19(14-22(23)29(31)32)27(30)35-28(2,3)4/h10-11,14-18H,5-9,12-13H2,1-4H3. The number of hydrogen-bond acceptors (Lipinski definition) is 6. The fourth-order valence-corrected chi connectivity index (χ4v) is 4.93. The summed E-state index contributed by atoms with van der Waals surface area (Å²) in [5, 5.41) is 12.0. The van der Waals surface area contributed by atoms with E-state index < -0.39 is 16.5 Å². The van der Waals surface area contributed by atoms with Crippen molar-refractivity contribution >= 4 is 11.7 Å². The maximum atomic E-state index is 12.5. The van der Waals surface area contributed by atoms with E-state index in [2.05, 4.69) is 13.0 Å². The Balaban J connectivity index is 1.58. The predicted octanol–water partition coefficient (Wildman–Crippen LogP) is 7.37. The van der Waals surface area contributed by atoms with Crippen molar-refractivity contribution in [2.24, 2.45) is 0 Å². The molecule has 7 nitrogen and oxygen atoms in total. The van der Waals surface area contributed by atoms with Gasteiger partial charge in [0.15, 0.2) is 0 Å². The molecule has 5 rings (SSSR count). The quantitative estimate of drug-likeness (QED) is 0.234. The van der Waals surface area contributed by atoms with E-state index in [1.807, 2.05) is 0 Å². The number of rotatable bonds is 7. The Hall–Kier alpha value is -3.09. The monoisotopic (exact) mass is 479 g/mol. The second-order valence-corrected chi connectivity index (χ2v) is 11.0. The lowest BCUT2D eigenvalue weighted by Crippen LogP contribution is -2.23. The lowest BCUT2D eigenvalue weighted by Gasteiger charge is -2.30. The molecule has 0 spiro atoms. The second kappa shape index (κ2) is 8.85. The Morgan fingerprint density at radius 2 is 1.80 bits per heavy atom. The maximum absolute atomic E-state index is 12.5. The lowest BCUT2D eigenvalue weighted by molar-refractivity contribution is -0.385. The number of nitro groups is 1. The first-order chi connectivity index (χ1) is 16.7. The van der Waals surface area contributed by atoms with Gasteiger partial charge in [-0.25, -0.2) is 4.79 Å². The first-order valence-electron chi connectivity index (χ1n) is 12.7. The van der Waals surface area contributed by atoms with Gasteiger partial charge in [-0.3, -0.25) is 10.1 Å². The highest BCUT2D eigenvalue weighted by Gasteiger charge is 2.40. The first-order valence-corrected chi connectivity index (χ1v) is 12.7. The molecule has 0 bridgehead atoms. The normalized spacial score (nSPS) is 19.5. The van der Waals surface area contributed by atoms with Crippen LogP contribution in [0.4, 0.5) is 5.69 Å². The highest BCUT2D eigenvalue weighted by molar-refractivity contribution is 5.91. The van der Waals surface area contributed by atoms with E-state index in [1.54, 1.807) is 20.8 Å². The molecule has 2 fully saturated rings. The molecule has 1 heterocycles. The van der Waals surface area contributed by atoms with Crippen molar-refractivity contribution in [3.8, 4) is 17.2 Å². The molecule has 0 radical (unpaired) electrons. The summed E-state index contributed by atoms with van der Waals surface area (Å²) in [6.07, 6.45) is 6.39. The van der Waals surface area contributed by atoms with Crippen LogP contribution in [0.25, 0.3) is 0 Å². The Bertz CT molecular complexity index is 1170. The molecule has 2 aliphatic carbocycles. The zero-order valence-corrected chi connectivity index (χ0v) is 20.9. The molecule has 0 N–H and O–H groups in total. The van der Waals surface area contributed by atoms with E-state index in [1.165, 1.54) is 23.8 Å². The summed E-state index contributed by atoms with van der Waals surface area (Å²) >= 11 is 0. The van der Waals surface area contributed by atoms with Crippen LogP contribution in [0.3, 0.4) is 0 Å². The molecule has 2 aromatic rings. The molecule has 2 saturated carbocycles. The number of esters is 1. The fourth-order valence-electron chi connectivity index (χ4n) is 4.93. The highest BCUT2D eigenvalue weighted by Crippen LogP contribution is 2.58. The molecule has 186 valence electrons. The van der Waals surface area contributed by atoms with Crippen molar-refractivity contribution in [1.29, 1.82) is 0 Å². The van der Waals surface area contributed by atoms with Gasteiger partial charge in [0.2, 0.25) is 5.75 Å². The highest BCUT2D eigenvalue weighted by atomic mass is 16.6. The van der Waals surface area contributed by atoms with E-state index in [9.17, 15) is 14.9 Å². The van der Waals surface area contributed by atoms with Crippen molar-refractivity contribution in [2.45, 2.75) is 89.6 Å². The van der Waals surface area contributed by atoms with Gasteiger partial charge in [-0.05, 0) is 106 Å². The number of ether oxygens (including phenoxy) is 3. The predicted molar refractivity (Wildman–Crippen MR) is 132 cm³/mol. The number of carbonyl (C=O) groups is 1. The number of nitrogens with zero attached hydrogens (tertiary/aromatic N) is 1. The van der Waals surface area contributed by atoms with Gasteiger partial charge in [-0.1, -0.05) is 6.92 Å². The van der Waals surface area contributed by atoms with Gasteiger partial charge in [0.25, 0.3) is 0 Å². The van der Waals surface area contributed by atoms with Crippen molar-refractivity contribution < 1.29 is 23.9 Å². The third-order valence-electron chi connectivity index (χ3n) is 6.97. The minimum atomic E-state index is -0.696. The number of hydrogen-bond donors (Lipinski definition) is 0. The van der Waals surface area contributed by atoms with E-state index in [0.29, 0.717) is 24.4 Å². The van der Waals surface area contributed by atoms with Gasteiger partial charge in [0.1, 0.15) is 17.1 Å². The van der Waals surface area contributed by atoms with Crippen LogP contribution in [-0.2, 0) is 4.74 Å². The molecule has 0 saturated heterocycles. The average molecular weight is 480 g/mol. The Kier molecular flexibility index (Phi) is 5.98. The van der Waals surface area contributed by atoms with Gasteiger partial charge in [-0.2, -0.15) is 0 Å². The van der Waals surface area contributed by atoms with E-state index in [-0.39, 0.29) is 17.0 Å².